The number of aliphatic hydroxyl groups excluding tert-OH is 1. The van der Waals surface area contributed by atoms with Gasteiger partial charge < -0.3 is 19.7 Å². The molecule has 134 valence electrons. The third kappa shape index (κ3) is 5.48. The molecule has 6 heteroatoms. The third-order valence-electron chi connectivity index (χ3n) is 3.81. The Morgan fingerprint density at radius 3 is 2.32 bits per heavy atom. The Morgan fingerprint density at radius 1 is 1.12 bits per heavy atom. The molecular formula is C19H23NO5. The second-order valence-electron chi connectivity index (χ2n) is 5.69. The van der Waals surface area contributed by atoms with Crippen LogP contribution in [0.2, 0.25) is 0 Å². The van der Waals surface area contributed by atoms with Crippen molar-refractivity contribution in [3.63, 3.8) is 0 Å². The molecule has 0 aliphatic rings. The van der Waals surface area contributed by atoms with Crippen LogP contribution in [-0.2, 0) is 9.47 Å². The van der Waals surface area contributed by atoms with E-state index in [4.69, 9.17) is 9.47 Å². The lowest BCUT2D eigenvalue weighted by Crippen LogP contribution is -2.28. The molecule has 0 unspecified atom stereocenters. The molecule has 0 heterocycles. The number of hydrogen-bond acceptors (Lipinski definition) is 5. The molecule has 0 saturated heterocycles. The Hall–Kier alpha value is -2.57. The van der Waals surface area contributed by atoms with Crippen molar-refractivity contribution in [1.29, 1.82) is 0 Å². The van der Waals surface area contributed by atoms with E-state index in [1.54, 1.807) is 24.3 Å². The van der Waals surface area contributed by atoms with Gasteiger partial charge in [-0.05, 0) is 36.8 Å². The number of aromatic hydroxyl groups is 1. The van der Waals surface area contributed by atoms with Gasteiger partial charge in [-0.2, -0.15) is 0 Å². The second kappa shape index (κ2) is 9.05. The van der Waals surface area contributed by atoms with Crippen molar-refractivity contribution in [2.75, 3.05) is 19.0 Å². The summed E-state index contributed by atoms with van der Waals surface area (Å²) in [5, 5.41) is 21.3. The van der Waals surface area contributed by atoms with Gasteiger partial charge in [0.15, 0.2) is 6.10 Å². The second-order valence-corrected chi connectivity index (χ2v) is 5.69. The molecule has 0 aliphatic carbocycles. The van der Waals surface area contributed by atoms with Gasteiger partial charge in [0, 0.05) is 25.8 Å². The number of carbonyl (C=O) groups is 1. The smallest absolute Gasteiger partial charge is 0.412 e. The van der Waals surface area contributed by atoms with Gasteiger partial charge in [-0.25, -0.2) is 4.79 Å². The summed E-state index contributed by atoms with van der Waals surface area (Å²) >= 11 is 0. The Bertz CT molecular complexity index is 669. The van der Waals surface area contributed by atoms with Crippen molar-refractivity contribution in [2.45, 2.75) is 25.6 Å². The van der Waals surface area contributed by atoms with Crippen LogP contribution in [0.4, 0.5) is 10.5 Å². The first-order valence-electron chi connectivity index (χ1n) is 8.00. The highest BCUT2D eigenvalue weighted by molar-refractivity contribution is 5.84. The molecule has 25 heavy (non-hydrogen) atoms. The first-order chi connectivity index (χ1) is 12.0. The van der Waals surface area contributed by atoms with E-state index in [2.05, 4.69) is 5.32 Å². The lowest BCUT2D eigenvalue weighted by Gasteiger charge is -2.26. The fourth-order valence-electron chi connectivity index (χ4n) is 2.44. The minimum Gasteiger partial charge on any atom is -0.508 e. The quantitative estimate of drug-likeness (QED) is 0.716. The zero-order valence-electron chi connectivity index (χ0n) is 14.3. The molecule has 3 N–H and O–H groups in total. The number of hydrogen-bond donors (Lipinski definition) is 3. The van der Waals surface area contributed by atoms with E-state index in [1.807, 2.05) is 19.1 Å². The van der Waals surface area contributed by atoms with E-state index in [0.29, 0.717) is 17.7 Å². The minimum absolute atomic E-state index is 0.101. The normalized spacial score (nSPS) is 13.1. The van der Waals surface area contributed by atoms with E-state index < -0.39 is 18.3 Å². The van der Waals surface area contributed by atoms with Gasteiger partial charge >= 0.3 is 6.09 Å². The number of carbonyl (C=O) groups excluding carboxylic acids is 1. The van der Waals surface area contributed by atoms with Crippen molar-refractivity contribution in [1.82, 2.24) is 0 Å². The maximum absolute atomic E-state index is 12.3. The van der Waals surface area contributed by atoms with Crippen LogP contribution in [0.1, 0.15) is 23.7 Å². The van der Waals surface area contributed by atoms with Crippen LogP contribution in [0, 0.1) is 6.92 Å². The maximum Gasteiger partial charge on any atom is 0.412 e. The maximum atomic E-state index is 12.3. The molecule has 0 spiro atoms. The molecule has 2 rings (SSSR count). The number of phenols is 1. The number of amides is 1. The summed E-state index contributed by atoms with van der Waals surface area (Å²) in [4.78, 5) is 12.3. The minimum atomic E-state index is -0.719. The van der Waals surface area contributed by atoms with E-state index in [0.717, 1.165) is 5.56 Å². The Labute approximate surface area is 147 Å². The molecule has 0 aliphatic heterocycles. The van der Waals surface area contributed by atoms with Crippen LogP contribution in [0.5, 0.6) is 5.75 Å². The molecule has 2 aromatic rings. The summed E-state index contributed by atoms with van der Waals surface area (Å²) in [6.07, 6.45) is -1.55. The van der Waals surface area contributed by atoms with Gasteiger partial charge in [-0.1, -0.05) is 29.8 Å². The molecule has 0 radical (unpaired) electrons. The standard InChI is InChI=1S/C19H23NO5/c1-13-3-7-15(8-4-13)20-19(23)25-18(17(24-2)11-12-21)14-5-9-16(22)10-6-14/h3-10,17-18,21-22H,11-12H2,1-2H3,(H,20,23)/t17-,18-/m1/s1. The number of aryl methyl sites for hydroxylation is 1. The molecule has 0 bridgehead atoms. The highest BCUT2D eigenvalue weighted by Crippen LogP contribution is 2.27. The monoisotopic (exact) mass is 345 g/mol. The summed E-state index contributed by atoms with van der Waals surface area (Å²) < 4.78 is 10.9. The van der Waals surface area contributed by atoms with Crippen LogP contribution in [0.25, 0.3) is 0 Å². The predicted molar refractivity (Wildman–Crippen MR) is 94.6 cm³/mol. The van der Waals surface area contributed by atoms with Crippen molar-refractivity contribution >= 4 is 11.8 Å². The fourth-order valence-corrected chi connectivity index (χ4v) is 2.44. The molecule has 0 fully saturated rings. The topological polar surface area (TPSA) is 88.0 Å². The molecule has 0 aromatic heterocycles. The van der Waals surface area contributed by atoms with Crippen LogP contribution >= 0.6 is 0 Å². The highest BCUT2D eigenvalue weighted by Gasteiger charge is 2.27. The molecule has 0 saturated carbocycles. The zero-order valence-corrected chi connectivity index (χ0v) is 14.3. The summed E-state index contributed by atoms with van der Waals surface area (Å²) in [6, 6.07) is 13.7. The molecule has 2 aromatic carbocycles. The average molecular weight is 345 g/mol. The van der Waals surface area contributed by atoms with Crippen molar-refractivity contribution < 1.29 is 24.5 Å². The number of nitrogens with one attached hydrogen (secondary N) is 1. The van der Waals surface area contributed by atoms with Gasteiger partial charge in [0.25, 0.3) is 0 Å². The van der Waals surface area contributed by atoms with Crippen molar-refractivity contribution in [3.05, 3.63) is 59.7 Å². The zero-order chi connectivity index (χ0) is 18.2. The molecular weight excluding hydrogens is 322 g/mol. The lowest BCUT2D eigenvalue weighted by atomic mass is 10.0. The first kappa shape index (κ1) is 18.8. The van der Waals surface area contributed by atoms with E-state index in [9.17, 15) is 15.0 Å². The Morgan fingerprint density at radius 2 is 1.76 bits per heavy atom. The predicted octanol–water partition coefficient (Wildman–Crippen LogP) is 3.39. The van der Waals surface area contributed by atoms with E-state index in [1.165, 1.54) is 19.2 Å². The molecule has 1 amide bonds. The number of benzene rings is 2. The summed E-state index contributed by atoms with van der Waals surface area (Å²) in [6.45, 7) is 1.86. The summed E-state index contributed by atoms with van der Waals surface area (Å²) in [7, 11) is 1.50. The largest absolute Gasteiger partial charge is 0.508 e. The number of ether oxygens (including phenoxy) is 2. The van der Waals surface area contributed by atoms with Gasteiger partial charge in [0.2, 0.25) is 0 Å². The van der Waals surface area contributed by atoms with Crippen LogP contribution in [0.15, 0.2) is 48.5 Å². The highest BCUT2D eigenvalue weighted by atomic mass is 16.6. The van der Waals surface area contributed by atoms with Gasteiger partial charge in [-0.15, -0.1) is 0 Å². The fraction of sp³-hybridized carbons (Fsp3) is 0.316. The van der Waals surface area contributed by atoms with E-state index in [-0.39, 0.29) is 12.4 Å². The number of anilines is 1. The van der Waals surface area contributed by atoms with Gasteiger partial charge in [0.1, 0.15) is 11.9 Å². The number of rotatable bonds is 7. The van der Waals surface area contributed by atoms with Gasteiger partial charge in [-0.3, -0.25) is 5.32 Å². The molecule has 6 nitrogen and oxygen atoms in total. The van der Waals surface area contributed by atoms with Crippen LogP contribution < -0.4 is 5.32 Å². The number of phenolic OH excluding ortho intramolecular Hbond substituents is 1. The number of aliphatic hydroxyl groups is 1. The SMILES string of the molecule is CO[C@H](CCO)[C@H](OC(=O)Nc1ccc(C)cc1)c1ccc(O)cc1. The Kier molecular flexibility index (Phi) is 6.80. The van der Waals surface area contributed by atoms with E-state index >= 15 is 0 Å². The lowest BCUT2D eigenvalue weighted by molar-refractivity contribution is -0.0306. The summed E-state index contributed by atoms with van der Waals surface area (Å²) in [5.41, 5.74) is 2.37. The van der Waals surface area contributed by atoms with Crippen molar-refractivity contribution in [3.8, 4) is 5.75 Å². The number of methoxy groups -OCH3 is 1. The first-order valence-corrected chi connectivity index (χ1v) is 8.00. The van der Waals surface area contributed by atoms with Gasteiger partial charge in [0.05, 0.1) is 0 Å². The Balaban J connectivity index is 2.15. The average Bonchev–Trinajstić information content (AvgIpc) is 2.61. The van der Waals surface area contributed by atoms with Crippen LogP contribution in [-0.4, -0.2) is 36.1 Å². The molecule has 2 atom stereocenters. The van der Waals surface area contributed by atoms with Crippen molar-refractivity contribution in [2.24, 2.45) is 0 Å². The summed E-state index contributed by atoms with van der Waals surface area (Å²) in [5.74, 6) is 0.114. The van der Waals surface area contributed by atoms with Crippen LogP contribution in [0.3, 0.4) is 0 Å². The third-order valence-corrected chi connectivity index (χ3v) is 3.81.